The largest absolute Gasteiger partial charge is 0.362 e. The van der Waals surface area contributed by atoms with Gasteiger partial charge in [-0.05, 0) is 17.7 Å². The van der Waals surface area contributed by atoms with Crippen LogP contribution in [0, 0.1) is 0 Å². The maximum atomic E-state index is 13.3. The van der Waals surface area contributed by atoms with Crippen LogP contribution in [0.1, 0.15) is 28.8 Å². The SMILES string of the molecule is C[N+]1(C)CCC2(CC1)Nc1ccccc1C(=O)N2Cc1ccccc1. The van der Waals surface area contributed by atoms with E-state index >= 15 is 0 Å². The Kier molecular flexibility index (Phi) is 3.80. The molecule has 2 aromatic carbocycles. The Bertz CT molecular complexity index is 775. The summed E-state index contributed by atoms with van der Waals surface area (Å²) < 4.78 is 1.01. The van der Waals surface area contributed by atoms with Gasteiger partial charge in [0, 0.05) is 25.1 Å². The van der Waals surface area contributed by atoms with E-state index in [2.05, 4.69) is 36.4 Å². The van der Waals surface area contributed by atoms with Crippen LogP contribution in [-0.4, -0.2) is 48.1 Å². The highest BCUT2D eigenvalue weighted by Gasteiger charge is 2.48. The van der Waals surface area contributed by atoms with Gasteiger partial charge in [-0.2, -0.15) is 0 Å². The molecule has 0 aliphatic carbocycles. The van der Waals surface area contributed by atoms with Crippen LogP contribution < -0.4 is 5.32 Å². The van der Waals surface area contributed by atoms with Crippen LogP contribution in [0.2, 0.25) is 0 Å². The molecule has 0 radical (unpaired) electrons. The van der Waals surface area contributed by atoms with Gasteiger partial charge in [-0.25, -0.2) is 0 Å². The standard InChI is InChI=1S/C21H25N3O/c1-24(2)14-12-21(13-15-24)22-19-11-7-6-10-18(19)20(25)23(21)16-17-8-4-3-5-9-17/h3-11H,12-16H2,1-2H3/p+1. The van der Waals surface area contributed by atoms with Gasteiger partial charge in [-0.3, -0.25) is 4.79 Å². The van der Waals surface area contributed by atoms with Crippen molar-refractivity contribution >= 4 is 11.6 Å². The molecule has 1 saturated heterocycles. The number of carbonyl (C=O) groups excluding carboxylic acids is 1. The van der Waals surface area contributed by atoms with E-state index in [-0.39, 0.29) is 11.6 Å². The first kappa shape index (κ1) is 16.2. The number of para-hydroxylation sites is 1. The predicted molar refractivity (Wildman–Crippen MR) is 100 cm³/mol. The summed E-state index contributed by atoms with van der Waals surface area (Å²) in [5.74, 6) is 0.144. The van der Waals surface area contributed by atoms with E-state index in [0.717, 1.165) is 41.7 Å². The second-order valence-electron chi connectivity index (χ2n) is 7.96. The number of hydrogen-bond acceptors (Lipinski definition) is 2. The molecule has 0 unspecified atom stereocenters. The topological polar surface area (TPSA) is 32.3 Å². The molecule has 25 heavy (non-hydrogen) atoms. The highest BCUT2D eigenvalue weighted by atomic mass is 16.2. The third-order valence-electron chi connectivity index (χ3n) is 5.73. The Labute approximate surface area is 149 Å². The number of anilines is 1. The number of nitrogens with zero attached hydrogens (tertiary/aromatic N) is 2. The van der Waals surface area contributed by atoms with E-state index < -0.39 is 0 Å². The molecule has 0 bridgehead atoms. The molecular weight excluding hydrogens is 310 g/mol. The molecule has 1 spiro atoms. The third-order valence-corrected chi connectivity index (χ3v) is 5.73. The molecule has 2 heterocycles. The lowest BCUT2D eigenvalue weighted by atomic mass is 9.88. The average Bonchev–Trinajstić information content (AvgIpc) is 2.62. The van der Waals surface area contributed by atoms with Gasteiger partial charge in [-0.1, -0.05) is 42.5 Å². The zero-order chi connectivity index (χ0) is 17.5. The molecule has 0 saturated carbocycles. The fourth-order valence-electron chi connectivity index (χ4n) is 4.03. The Balaban J connectivity index is 1.73. The molecule has 2 aliphatic heterocycles. The Morgan fingerprint density at radius 3 is 2.36 bits per heavy atom. The minimum Gasteiger partial charge on any atom is -0.362 e. The molecule has 4 rings (SSSR count). The fourth-order valence-corrected chi connectivity index (χ4v) is 4.03. The first-order valence-electron chi connectivity index (χ1n) is 9.04. The molecule has 0 aromatic heterocycles. The zero-order valence-corrected chi connectivity index (χ0v) is 15.0. The minimum absolute atomic E-state index is 0.144. The highest BCUT2D eigenvalue weighted by Crippen LogP contribution is 2.39. The third kappa shape index (κ3) is 2.91. The summed E-state index contributed by atoms with van der Waals surface area (Å²) in [6.07, 6.45) is 1.93. The smallest absolute Gasteiger partial charge is 0.258 e. The number of rotatable bonds is 2. The maximum absolute atomic E-state index is 13.3. The molecule has 130 valence electrons. The molecule has 2 aliphatic rings. The van der Waals surface area contributed by atoms with Crippen molar-refractivity contribution in [2.75, 3.05) is 32.5 Å². The zero-order valence-electron chi connectivity index (χ0n) is 15.0. The molecule has 2 aromatic rings. The lowest BCUT2D eigenvalue weighted by Crippen LogP contribution is -2.66. The van der Waals surface area contributed by atoms with Crippen molar-refractivity contribution in [2.45, 2.75) is 25.0 Å². The van der Waals surface area contributed by atoms with Crippen molar-refractivity contribution in [3.8, 4) is 0 Å². The van der Waals surface area contributed by atoms with Gasteiger partial charge < -0.3 is 14.7 Å². The summed E-state index contributed by atoms with van der Waals surface area (Å²) >= 11 is 0. The number of piperidine rings is 1. The van der Waals surface area contributed by atoms with Crippen LogP contribution in [0.4, 0.5) is 5.69 Å². The van der Waals surface area contributed by atoms with E-state index in [1.165, 1.54) is 5.56 Å². The number of nitrogens with one attached hydrogen (secondary N) is 1. The summed E-state index contributed by atoms with van der Waals surface area (Å²) in [4.78, 5) is 15.4. The number of likely N-dealkylation sites (tertiary alicyclic amines) is 1. The summed E-state index contributed by atoms with van der Waals surface area (Å²) in [7, 11) is 4.54. The second-order valence-corrected chi connectivity index (χ2v) is 7.96. The van der Waals surface area contributed by atoms with Crippen molar-refractivity contribution in [3.05, 3.63) is 65.7 Å². The van der Waals surface area contributed by atoms with Crippen molar-refractivity contribution in [1.29, 1.82) is 0 Å². The minimum atomic E-state index is -0.283. The predicted octanol–water partition coefficient (Wildman–Crippen LogP) is 3.32. The maximum Gasteiger partial charge on any atom is 0.258 e. The van der Waals surface area contributed by atoms with Crippen LogP contribution in [0.15, 0.2) is 54.6 Å². The lowest BCUT2D eigenvalue weighted by molar-refractivity contribution is -0.896. The van der Waals surface area contributed by atoms with Crippen LogP contribution in [-0.2, 0) is 6.54 Å². The summed E-state index contributed by atoms with van der Waals surface area (Å²) in [5.41, 5.74) is 2.65. The normalized spacial score (nSPS) is 20.9. The molecular formula is C21H26N3O+. The van der Waals surface area contributed by atoms with Gasteiger partial charge in [-0.15, -0.1) is 0 Å². The Morgan fingerprint density at radius 1 is 1.00 bits per heavy atom. The van der Waals surface area contributed by atoms with E-state index in [9.17, 15) is 4.79 Å². The number of hydrogen-bond donors (Lipinski definition) is 1. The van der Waals surface area contributed by atoms with E-state index in [1.54, 1.807) is 0 Å². The number of carbonyl (C=O) groups is 1. The summed E-state index contributed by atoms with van der Waals surface area (Å²) in [5, 5.41) is 3.75. The van der Waals surface area contributed by atoms with E-state index in [0.29, 0.717) is 6.54 Å². The molecule has 4 heteroatoms. The first-order chi connectivity index (χ1) is 12.0. The van der Waals surface area contributed by atoms with Gasteiger partial charge in [0.2, 0.25) is 0 Å². The quantitative estimate of drug-likeness (QED) is 0.853. The number of benzene rings is 2. The summed E-state index contributed by atoms with van der Waals surface area (Å²) in [6, 6.07) is 18.2. The molecule has 0 atom stereocenters. The van der Waals surface area contributed by atoms with Gasteiger partial charge in [0.25, 0.3) is 5.91 Å². The fraction of sp³-hybridized carbons (Fsp3) is 0.381. The molecule has 4 nitrogen and oxygen atoms in total. The molecule has 1 amide bonds. The van der Waals surface area contributed by atoms with E-state index in [4.69, 9.17) is 0 Å². The second kappa shape index (κ2) is 5.88. The molecule has 1 fully saturated rings. The van der Waals surface area contributed by atoms with Crippen molar-refractivity contribution in [1.82, 2.24) is 4.90 Å². The number of amides is 1. The van der Waals surface area contributed by atoms with Gasteiger partial charge in [0.15, 0.2) is 0 Å². The van der Waals surface area contributed by atoms with E-state index in [1.807, 2.05) is 42.5 Å². The van der Waals surface area contributed by atoms with Gasteiger partial charge in [0.05, 0.1) is 32.7 Å². The monoisotopic (exact) mass is 336 g/mol. The van der Waals surface area contributed by atoms with Crippen molar-refractivity contribution in [3.63, 3.8) is 0 Å². The Morgan fingerprint density at radius 2 is 1.64 bits per heavy atom. The number of quaternary nitrogens is 1. The van der Waals surface area contributed by atoms with Crippen LogP contribution in [0.3, 0.4) is 0 Å². The van der Waals surface area contributed by atoms with Gasteiger partial charge in [0.1, 0.15) is 5.66 Å². The lowest BCUT2D eigenvalue weighted by Gasteiger charge is -2.53. The van der Waals surface area contributed by atoms with Gasteiger partial charge >= 0.3 is 0 Å². The van der Waals surface area contributed by atoms with Crippen LogP contribution in [0.5, 0.6) is 0 Å². The number of fused-ring (bicyclic) bond motifs is 1. The Hall–Kier alpha value is -2.33. The molecule has 1 N–H and O–H groups in total. The summed E-state index contributed by atoms with van der Waals surface area (Å²) in [6.45, 7) is 2.77. The van der Waals surface area contributed by atoms with Crippen molar-refractivity contribution in [2.24, 2.45) is 0 Å². The van der Waals surface area contributed by atoms with Crippen LogP contribution >= 0.6 is 0 Å². The van der Waals surface area contributed by atoms with Crippen LogP contribution in [0.25, 0.3) is 0 Å². The first-order valence-corrected chi connectivity index (χ1v) is 9.04. The average molecular weight is 336 g/mol. The van der Waals surface area contributed by atoms with Crippen molar-refractivity contribution < 1.29 is 9.28 Å². The highest BCUT2D eigenvalue weighted by molar-refractivity contribution is 6.02.